The van der Waals surface area contributed by atoms with Crippen molar-refractivity contribution in [3.63, 3.8) is 0 Å². The molecule has 1 fully saturated rings. The van der Waals surface area contributed by atoms with Crippen molar-refractivity contribution >= 4 is 15.7 Å². The summed E-state index contributed by atoms with van der Waals surface area (Å²) in [5, 5.41) is 0. The van der Waals surface area contributed by atoms with Crippen LogP contribution in [0.2, 0.25) is 0 Å². The maximum Gasteiger partial charge on any atom is 0.223 e. The topological polar surface area (TPSA) is 89.5 Å². The average Bonchev–Trinajstić information content (AvgIpc) is 2.67. The molecule has 0 radical (unpaired) electrons. The van der Waals surface area contributed by atoms with Crippen molar-refractivity contribution in [3.05, 3.63) is 48.4 Å². The van der Waals surface area contributed by atoms with Gasteiger partial charge in [-0.3, -0.25) is 4.79 Å². The van der Waals surface area contributed by atoms with Crippen LogP contribution in [0.25, 0.3) is 0 Å². The number of rotatable bonds is 6. The largest absolute Gasteiger partial charge is 0.472 e. The maximum atomic E-state index is 12.5. The zero-order valence-corrected chi connectivity index (χ0v) is 16.1. The van der Waals surface area contributed by atoms with E-state index in [0.717, 1.165) is 12.8 Å². The Balaban J connectivity index is 1.55. The lowest BCUT2D eigenvalue weighted by Gasteiger charge is -2.32. The third-order valence-corrected chi connectivity index (χ3v) is 6.19. The number of piperidine rings is 1. The number of aromatic nitrogens is 2. The first kappa shape index (κ1) is 19.3. The Labute approximate surface area is 159 Å². The Morgan fingerprint density at radius 3 is 2.78 bits per heavy atom. The molecule has 2 aromatic rings. The normalized spacial score (nSPS) is 17.5. The van der Waals surface area contributed by atoms with E-state index in [0.29, 0.717) is 24.8 Å². The van der Waals surface area contributed by atoms with E-state index in [1.54, 1.807) is 54.4 Å². The Hall–Kier alpha value is -2.48. The number of carbonyl (C=O) groups excluding carboxylic acids is 1. The van der Waals surface area contributed by atoms with E-state index in [1.807, 2.05) is 0 Å². The molecule has 0 bridgehead atoms. The molecule has 0 aliphatic carbocycles. The molecule has 7 nitrogen and oxygen atoms in total. The van der Waals surface area contributed by atoms with Gasteiger partial charge in [0.05, 0.1) is 17.2 Å². The molecule has 0 N–H and O–H groups in total. The minimum Gasteiger partial charge on any atom is -0.472 e. The maximum absolute atomic E-state index is 12.5. The van der Waals surface area contributed by atoms with Crippen LogP contribution in [-0.4, -0.2) is 54.1 Å². The van der Waals surface area contributed by atoms with Crippen LogP contribution >= 0.6 is 0 Å². The third kappa shape index (κ3) is 5.26. The highest BCUT2D eigenvalue weighted by atomic mass is 32.2. The van der Waals surface area contributed by atoms with Gasteiger partial charge in [0.25, 0.3) is 0 Å². The second-order valence-electron chi connectivity index (χ2n) is 6.55. The fraction of sp³-hybridized carbons (Fsp3) is 0.421. The predicted molar refractivity (Wildman–Crippen MR) is 100 cm³/mol. The van der Waals surface area contributed by atoms with Gasteiger partial charge in [-0.2, -0.15) is 4.98 Å². The Bertz CT molecular complexity index is 887. The van der Waals surface area contributed by atoms with Gasteiger partial charge in [0.2, 0.25) is 11.8 Å². The second kappa shape index (κ2) is 8.47. The van der Waals surface area contributed by atoms with E-state index in [4.69, 9.17) is 4.74 Å². The van der Waals surface area contributed by atoms with E-state index < -0.39 is 9.84 Å². The first-order chi connectivity index (χ1) is 12.9. The number of benzene rings is 1. The Morgan fingerprint density at radius 2 is 2.04 bits per heavy atom. The lowest BCUT2D eigenvalue weighted by molar-refractivity contribution is -0.133. The van der Waals surface area contributed by atoms with E-state index in [1.165, 1.54) is 0 Å². The summed E-state index contributed by atoms with van der Waals surface area (Å²) in [6, 6.07) is 9.91. The zero-order chi connectivity index (χ0) is 19.3. The molecule has 8 heteroatoms. The van der Waals surface area contributed by atoms with Gasteiger partial charge in [-0.15, -0.1) is 0 Å². The molecule has 1 aromatic heterocycles. The van der Waals surface area contributed by atoms with Crippen molar-refractivity contribution in [2.45, 2.75) is 37.2 Å². The number of sulfone groups is 1. The molecule has 1 amide bonds. The minimum atomic E-state index is -3.46. The smallest absolute Gasteiger partial charge is 0.223 e. The van der Waals surface area contributed by atoms with Crippen LogP contribution < -0.4 is 4.74 Å². The van der Waals surface area contributed by atoms with Gasteiger partial charge in [0.15, 0.2) is 9.84 Å². The SMILES string of the molecule is Cc1nccc(OC2CCCN(C(=O)CCS(=O)(=O)c3ccccc3)C2)n1. The van der Waals surface area contributed by atoms with Gasteiger partial charge < -0.3 is 9.64 Å². The van der Waals surface area contributed by atoms with E-state index >= 15 is 0 Å². The first-order valence-corrected chi connectivity index (χ1v) is 10.6. The monoisotopic (exact) mass is 389 g/mol. The summed E-state index contributed by atoms with van der Waals surface area (Å²) in [4.78, 5) is 22.7. The molecule has 3 rings (SSSR count). The van der Waals surface area contributed by atoms with Gasteiger partial charge in [-0.05, 0) is 31.9 Å². The summed E-state index contributed by atoms with van der Waals surface area (Å²) < 4.78 is 30.6. The summed E-state index contributed by atoms with van der Waals surface area (Å²) in [7, 11) is -3.46. The lowest BCUT2D eigenvalue weighted by atomic mass is 10.1. The van der Waals surface area contributed by atoms with E-state index in [-0.39, 0.29) is 29.1 Å². The fourth-order valence-corrected chi connectivity index (χ4v) is 4.31. The second-order valence-corrected chi connectivity index (χ2v) is 8.66. The highest BCUT2D eigenvalue weighted by Gasteiger charge is 2.26. The molecule has 1 saturated heterocycles. The number of hydrogen-bond donors (Lipinski definition) is 0. The Kier molecular flexibility index (Phi) is 6.05. The summed E-state index contributed by atoms with van der Waals surface area (Å²) in [5.41, 5.74) is 0. The summed E-state index contributed by atoms with van der Waals surface area (Å²) in [5.74, 6) is 0.765. The van der Waals surface area contributed by atoms with Crippen LogP contribution in [0.5, 0.6) is 5.88 Å². The summed E-state index contributed by atoms with van der Waals surface area (Å²) in [6.45, 7) is 2.84. The number of hydrogen-bond acceptors (Lipinski definition) is 6. The highest BCUT2D eigenvalue weighted by Crippen LogP contribution is 2.18. The van der Waals surface area contributed by atoms with Crippen molar-refractivity contribution in [2.24, 2.45) is 0 Å². The lowest BCUT2D eigenvalue weighted by Crippen LogP contribution is -2.44. The molecule has 1 aromatic carbocycles. The number of nitrogens with zero attached hydrogens (tertiary/aromatic N) is 3. The standard InChI is InChI=1S/C19H23N3O4S/c1-15-20-11-9-18(21-15)26-16-6-5-12-22(14-16)19(23)10-13-27(24,25)17-7-3-2-4-8-17/h2-4,7-9,11,16H,5-6,10,12-14H2,1H3. The molecule has 0 saturated carbocycles. The van der Waals surface area contributed by atoms with Gasteiger partial charge in [0, 0.05) is 25.2 Å². The molecule has 1 aliphatic heterocycles. The fourth-order valence-electron chi connectivity index (χ4n) is 3.06. The summed E-state index contributed by atoms with van der Waals surface area (Å²) >= 11 is 0. The van der Waals surface area contributed by atoms with Crippen molar-refractivity contribution in [1.29, 1.82) is 0 Å². The highest BCUT2D eigenvalue weighted by molar-refractivity contribution is 7.91. The molecular weight excluding hydrogens is 366 g/mol. The molecule has 27 heavy (non-hydrogen) atoms. The van der Waals surface area contributed by atoms with Crippen molar-refractivity contribution in [1.82, 2.24) is 14.9 Å². The van der Waals surface area contributed by atoms with E-state index in [9.17, 15) is 13.2 Å². The third-order valence-electron chi connectivity index (χ3n) is 4.46. The predicted octanol–water partition coefficient (Wildman–Crippen LogP) is 2.02. The molecule has 2 heterocycles. The number of carbonyl (C=O) groups is 1. The van der Waals surface area contributed by atoms with Gasteiger partial charge in [0.1, 0.15) is 11.9 Å². The number of ether oxygens (including phenoxy) is 1. The molecule has 1 aliphatic rings. The Morgan fingerprint density at radius 1 is 1.26 bits per heavy atom. The van der Waals surface area contributed by atoms with Gasteiger partial charge in [-0.1, -0.05) is 18.2 Å². The number of likely N-dealkylation sites (tertiary alicyclic amines) is 1. The molecular formula is C19H23N3O4S. The van der Waals surface area contributed by atoms with Crippen LogP contribution in [0.15, 0.2) is 47.5 Å². The minimum absolute atomic E-state index is 0.0312. The van der Waals surface area contributed by atoms with Crippen LogP contribution in [-0.2, 0) is 14.6 Å². The quantitative estimate of drug-likeness (QED) is 0.751. The van der Waals surface area contributed by atoms with Crippen molar-refractivity contribution < 1.29 is 17.9 Å². The van der Waals surface area contributed by atoms with Crippen LogP contribution in [0, 0.1) is 6.92 Å². The molecule has 144 valence electrons. The first-order valence-electron chi connectivity index (χ1n) is 8.96. The van der Waals surface area contributed by atoms with Crippen LogP contribution in [0.3, 0.4) is 0 Å². The van der Waals surface area contributed by atoms with Crippen LogP contribution in [0.1, 0.15) is 25.1 Å². The average molecular weight is 389 g/mol. The number of amides is 1. The van der Waals surface area contributed by atoms with Gasteiger partial charge >= 0.3 is 0 Å². The zero-order valence-electron chi connectivity index (χ0n) is 15.2. The van der Waals surface area contributed by atoms with E-state index in [2.05, 4.69) is 9.97 Å². The summed E-state index contributed by atoms with van der Waals surface area (Å²) in [6.07, 6.45) is 3.10. The number of aryl methyl sites for hydroxylation is 1. The molecule has 1 atom stereocenters. The molecule has 1 unspecified atom stereocenters. The van der Waals surface area contributed by atoms with Crippen molar-refractivity contribution in [3.8, 4) is 5.88 Å². The van der Waals surface area contributed by atoms with Crippen molar-refractivity contribution in [2.75, 3.05) is 18.8 Å². The van der Waals surface area contributed by atoms with Crippen LogP contribution in [0.4, 0.5) is 0 Å². The van der Waals surface area contributed by atoms with Gasteiger partial charge in [-0.25, -0.2) is 13.4 Å². The molecule has 0 spiro atoms.